The van der Waals surface area contributed by atoms with Gasteiger partial charge in [0.15, 0.2) is 0 Å². The van der Waals surface area contributed by atoms with Crippen LogP contribution in [0.25, 0.3) is 0 Å². The Morgan fingerprint density at radius 3 is 1.62 bits per heavy atom. The second-order valence-corrected chi connectivity index (χ2v) is 6.86. The Morgan fingerprint density at radius 1 is 0.862 bits per heavy atom. The van der Waals surface area contributed by atoms with Crippen molar-refractivity contribution >= 4 is 11.9 Å². The van der Waals surface area contributed by atoms with Gasteiger partial charge in [-0.15, -0.1) is 0 Å². The molecule has 7 nitrogen and oxygen atoms in total. The van der Waals surface area contributed by atoms with Gasteiger partial charge >= 0.3 is 11.9 Å². The molecule has 0 aliphatic heterocycles. The van der Waals surface area contributed by atoms with E-state index in [0.29, 0.717) is 13.2 Å². The van der Waals surface area contributed by atoms with Gasteiger partial charge in [0.1, 0.15) is 0 Å². The van der Waals surface area contributed by atoms with Crippen LogP contribution in [0.1, 0.15) is 11.1 Å². The number of rotatable bonds is 9. The molecular weight excluding hydrogens is 374 g/mol. The standard InChI is InChI=1S/C20H27NO2.C2H2O4/c1-21(2)15-19(22)16-23-20(13-17-9-5-3-6-10-17)14-18-11-7-4-8-12-18;3-1(4)2(5)6/h3-12,19-20,22H,13-16H2,1-2H3;(H,3,4)(H,5,6). The molecule has 29 heavy (non-hydrogen) atoms. The van der Waals surface area contributed by atoms with Gasteiger partial charge in [0.25, 0.3) is 0 Å². The number of carboxylic acid groups (broad SMARTS) is 2. The quantitative estimate of drug-likeness (QED) is 0.549. The molecule has 0 bridgehead atoms. The van der Waals surface area contributed by atoms with E-state index in [1.54, 1.807) is 0 Å². The van der Waals surface area contributed by atoms with Crippen molar-refractivity contribution in [2.45, 2.75) is 25.0 Å². The monoisotopic (exact) mass is 403 g/mol. The molecule has 0 spiro atoms. The first-order chi connectivity index (χ1) is 13.8. The van der Waals surface area contributed by atoms with Crippen LogP contribution in [0.3, 0.4) is 0 Å². The summed E-state index contributed by atoms with van der Waals surface area (Å²) in [4.78, 5) is 20.2. The van der Waals surface area contributed by atoms with Gasteiger partial charge < -0.3 is 25.0 Å². The fourth-order valence-corrected chi connectivity index (χ4v) is 2.67. The normalized spacial score (nSPS) is 11.6. The summed E-state index contributed by atoms with van der Waals surface area (Å²) in [6.07, 6.45) is 1.31. The van der Waals surface area contributed by atoms with E-state index in [2.05, 4.69) is 48.5 Å². The maximum atomic E-state index is 10.0. The molecule has 0 aromatic heterocycles. The van der Waals surface area contributed by atoms with Gasteiger partial charge in [-0.05, 0) is 38.1 Å². The van der Waals surface area contributed by atoms with Crippen LogP contribution in [0.2, 0.25) is 0 Å². The maximum absolute atomic E-state index is 10.0. The summed E-state index contributed by atoms with van der Waals surface area (Å²) >= 11 is 0. The molecule has 3 N–H and O–H groups in total. The van der Waals surface area contributed by atoms with Gasteiger partial charge in [-0.25, -0.2) is 9.59 Å². The van der Waals surface area contributed by atoms with E-state index in [1.807, 2.05) is 31.1 Å². The summed E-state index contributed by atoms with van der Waals surface area (Å²) in [6.45, 7) is 0.978. The lowest BCUT2D eigenvalue weighted by atomic mass is 10.0. The Kier molecular flexibility index (Phi) is 11.3. The molecule has 2 aromatic carbocycles. The lowest BCUT2D eigenvalue weighted by molar-refractivity contribution is -0.159. The van der Waals surface area contributed by atoms with Crippen molar-refractivity contribution in [2.75, 3.05) is 27.2 Å². The van der Waals surface area contributed by atoms with Crippen molar-refractivity contribution in [1.82, 2.24) is 4.90 Å². The molecule has 0 amide bonds. The second-order valence-electron chi connectivity index (χ2n) is 6.86. The van der Waals surface area contributed by atoms with E-state index in [1.165, 1.54) is 11.1 Å². The lowest BCUT2D eigenvalue weighted by Gasteiger charge is -2.22. The number of carboxylic acids is 2. The smallest absolute Gasteiger partial charge is 0.414 e. The number of aliphatic hydroxyl groups excluding tert-OH is 1. The Hall–Kier alpha value is -2.74. The molecule has 0 saturated heterocycles. The van der Waals surface area contributed by atoms with E-state index in [-0.39, 0.29) is 6.10 Å². The average molecular weight is 403 g/mol. The number of aliphatic hydroxyl groups is 1. The zero-order valence-electron chi connectivity index (χ0n) is 16.8. The first kappa shape index (κ1) is 24.3. The molecule has 1 unspecified atom stereocenters. The van der Waals surface area contributed by atoms with Crippen LogP contribution in [-0.4, -0.2) is 71.6 Å². The predicted molar refractivity (Wildman–Crippen MR) is 110 cm³/mol. The number of nitrogens with zero attached hydrogens (tertiary/aromatic N) is 1. The Labute approximate surface area is 171 Å². The predicted octanol–water partition coefficient (Wildman–Crippen LogP) is 1.94. The molecule has 0 radical (unpaired) electrons. The highest BCUT2D eigenvalue weighted by Crippen LogP contribution is 2.12. The van der Waals surface area contributed by atoms with E-state index in [9.17, 15) is 5.11 Å². The highest BCUT2D eigenvalue weighted by Gasteiger charge is 2.14. The van der Waals surface area contributed by atoms with Gasteiger partial charge in [0.05, 0.1) is 18.8 Å². The Morgan fingerprint density at radius 2 is 1.28 bits per heavy atom. The van der Waals surface area contributed by atoms with Crippen LogP contribution in [0, 0.1) is 0 Å². The first-order valence-electron chi connectivity index (χ1n) is 9.26. The highest BCUT2D eigenvalue weighted by molar-refractivity contribution is 6.27. The topological polar surface area (TPSA) is 107 Å². The lowest BCUT2D eigenvalue weighted by Crippen LogP contribution is -2.32. The highest BCUT2D eigenvalue weighted by atomic mass is 16.5. The molecule has 2 aromatic rings. The number of benzene rings is 2. The van der Waals surface area contributed by atoms with Crippen molar-refractivity contribution in [1.29, 1.82) is 0 Å². The fourth-order valence-electron chi connectivity index (χ4n) is 2.67. The molecule has 7 heteroatoms. The van der Waals surface area contributed by atoms with Gasteiger partial charge in [0, 0.05) is 6.54 Å². The van der Waals surface area contributed by atoms with Gasteiger partial charge in [-0.3, -0.25) is 0 Å². The van der Waals surface area contributed by atoms with Crippen LogP contribution < -0.4 is 0 Å². The van der Waals surface area contributed by atoms with Crippen LogP contribution >= 0.6 is 0 Å². The summed E-state index contributed by atoms with van der Waals surface area (Å²) in [5.74, 6) is -3.65. The first-order valence-corrected chi connectivity index (χ1v) is 9.26. The number of aliphatic carboxylic acids is 2. The van der Waals surface area contributed by atoms with Crippen LogP contribution in [0.4, 0.5) is 0 Å². The number of hydrogen-bond acceptors (Lipinski definition) is 5. The van der Waals surface area contributed by atoms with Gasteiger partial charge in [-0.1, -0.05) is 60.7 Å². The number of likely N-dealkylation sites (N-methyl/N-ethyl adjacent to an activating group) is 1. The third-order valence-electron chi connectivity index (χ3n) is 3.90. The van der Waals surface area contributed by atoms with Crippen molar-refractivity contribution in [3.05, 3.63) is 71.8 Å². The zero-order chi connectivity index (χ0) is 21.6. The third kappa shape index (κ3) is 11.6. The van der Waals surface area contributed by atoms with Crippen molar-refractivity contribution in [3.63, 3.8) is 0 Å². The average Bonchev–Trinajstić information content (AvgIpc) is 2.67. The summed E-state index contributed by atoms with van der Waals surface area (Å²) in [5.41, 5.74) is 2.52. The second kappa shape index (κ2) is 13.4. The molecule has 0 fully saturated rings. The SMILES string of the molecule is CN(C)CC(O)COC(Cc1ccccc1)Cc1ccccc1.O=C(O)C(=O)O. The molecule has 0 aliphatic carbocycles. The van der Waals surface area contributed by atoms with E-state index in [4.69, 9.17) is 24.5 Å². The zero-order valence-corrected chi connectivity index (χ0v) is 16.8. The van der Waals surface area contributed by atoms with E-state index >= 15 is 0 Å². The summed E-state index contributed by atoms with van der Waals surface area (Å²) in [6, 6.07) is 20.7. The Bertz CT molecular complexity index is 667. The Balaban J connectivity index is 0.000000612. The van der Waals surface area contributed by atoms with Crippen molar-refractivity contribution in [3.8, 4) is 0 Å². The molecule has 0 aliphatic rings. The number of carbonyl (C=O) groups is 2. The minimum atomic E-state index is -1.82. The van der Waals surface area contributed by atoms with Crippen LogP contribution in [-0.2, 0) is 27.2 Å². The number of ether oxygens (including phenoxy) is 1. The summed E-state index contributed by atoms with van der Waals surface area (Å²) < 4.78 is 6.04. The molecule has 1 atom stereocenters. The van der Waals surface area contributed by atoms with Crippen LogP contribution in [0.5, 0.6) is 0 Å². The molecule has 0 saturated carbocycles. The van der Waals surface area contributed by atoms with Crippen molar-refractivity contribution in [2.24, 2.45) is 0 Å². The van der Waals surface area contributed by atoms with Gasteiger partial charge in [0.2, 0.25) is 0 Å². The van der Waals surface area contributed by atoms with Crippen molar-refractivity contribution < 1.29 is 29.6 Å². The van der Waals surface area contributed by atoms with Gasteiger partial charge in [-0.2, -0.15) is 0 Å². The largest absolute Gasteiger partial charge is 0.473 e. The van der Waals surface area contributed by atoms with E-state index in [0.717, 1.165) is 12.8 Å². The molecule has 0 heterocycles. The molecule has 158 valence electrons. The molecular formula is C22H29NO6. The summed E-state index contributed by atoms with van der Waals surface area (Å²) in [5, 5.41) is 24.8. The summed E-state index contributed by atoms with van der Waals surface area (Å²) in [7, 11) is 3.91. The van der Waals surface area contributed by atoms with E-state index < -0.39 is 18.0 Å². The van der Waals surface area contributed by atoms with Crippen LogP contribution in [0.15, 0.2) is 60.7 Å². The third-order valence-corrected chi connectivity index (χ3v) is 3.90. The molecule has 2 rings (SSSR count). The maximum Gasteiger partial charge on any atom is 0.414 e. The fraction of sp³-hybridized carbons (Fsp3) is 0.364. The minimum absolute atomic E-state index is 0.0663. The number of hydrogen-bond donors (Lipinski definition) is 3. The minimum Gasteiger partial charge on any atom is -0.473 e.